The van der Waals surface area contributed by atoms with Gasteiger partial charge >= 0.3 is 0 Å². The summed E-state index contributed by atoms with van der Waals surface area (Å²) in [7, 11) is 0. The lowest BCUT2D eigenvalue weighted by Crippen LogP contribution is -1.93. The van der Waals surface area contributed by atoms with Gasteiger partial charge in [0.15, 0.2) is 4.73 Å². The molecule has 2 aromatic heterocycles. The van der Waals surface area contributed by atoms with Gasteiger partial charge in [0, 0.05) is 11.8 Å². The molecule has 0 aliphatic heterocycles. The molecule has 3 aromatic rings. The molecule has 0 atom stereocenters. The first-order chi connectivity index (χ1) is 10.4. The third-order valence-electron chi connectivity index (χ3n) is 2.16. The zero-order chi connectivity index (χ0) is 16.0. The van der Waals surface area contributed by atoms with Gasteiger partial charge in [-0.2, -0.15) is 0 Å². The topological polar surface area (TPSA) is 38.7 Å². The lowest BCUT2D eigenvalue weighted by molar-refractivity contribution is 1.15. The Balaban J connectivity index is 2.48. The first-order valence-corrected chi connectivity index (χ1v) is 5.56. The molecule has 0 fully saturated rings. The molecule has 0 saturated heterocycles. The van der Waals surface area contributed by atoms with Crippen molar-refractivity contribution in [2.75, 3.05) is 0 Å². The van der Waals surface area contributed by atoms with Crippen molar-refractivity contribution in [3.05, 3.63) is 53.3 Å². The maximum absolute atomic E-state index is 8.04. The fourth-order valence-corrected chi connectivity index (χ4v) is 1.85. The summed E-state index contributed by atoms with van der Waals surface area (Å²) < 4.78 is 39.5. The second-order valence-electron chi connectivity index (χ2n) is 3.21. The highest BCUT2D eigenvalue weighted by Gasteiger charge is 2.08. The number of halogens is 1. The van der Waals surface area contributed by atoms with Crippen molar-refractivity contribution >= 4 is 27.0 Å². The van der Waals surface area contributed by atoms with Crippen molar-refractivity contribution in [1.82, 2.24) is 15.0 Å². The van der Waals surface area contributed by atoms with Crippen LogP contribution in [-0.4, -0.2) is 15.0 Å². The van der Waals surface area contributed by atoms with Crippen LogP contribution in [0, 0.1) is 0 Å². The smallest absolute Gasteiger partial charge is 0.197 e. The molecule has 0 spiro atoms. The molecule has 1 aromatic carbocycles. The van der Waals surface area contributed by atoms with Crippen LogP contribution in [0.5, 0.6) is 0 Å². The molecule has 17 heavy (non-hydrogen) atoms. The van der Waals surface area contributed by atoms with E-state index in [-0.39, 0.29) is 28.1 Å². The minimum atomic E-state index is -0.441. The lowest BCUT2D eigenvalue weighted by atomic mass is 10.1. The van der Waals surface area contributed by atoms with Gasteiger partial charge in [0.2, 0.25) is 0 Å². The van der Waals surface area contributed by atoms with E-state index in [9.17, 15) is 0 Å². The van der Waals surface area contributed by atoms with E-state index in [0.29, 0.717) is 11.0 Å². The van der Waals surface area contributed by atoms with Gasteiger partial charge in [-0.05, 0) is 28.1 Å². The third kappa shape index (κ3) is 1.91. The van der Waals surface area contributed by atoms with Gasteiger partial charge in [0.05, 0.1) is 12.4 Å². The van der Waals surface area contributed by atoms with Crippen LogP contribution in [-0.2, 0) is 0 Å². The van der Waals surface area contributed by atoms with Crippen LogP contribution in [0.25, 0.3) is 22.3 Å². The van der Waals surface area contributed by atoms with Crippen molar-refractivity contribution in [2.24, 2.45) is 0 Å². The maximum Gasteiger partial charge on any atom is 0.197 e. The predicted octanol–water partition coefficient (Wildman–Crippen LogP) is 3.45. The summed E-state index contributed by atoms with van der Waals surface area (Å²) in [5.74, 6) is 0. The molecular weight excluding hydrogens is 278 g/mol. The average molecular weight is 291 g/mol. The average Bonchev–Trinajstić information content (AvgIpc) is 2.51. The molecule has 0 radical (unpaired) electrons. The zero-order valence-corrected chi connectivity index (χ0v) is 10.0. The zero-order valence-electron chi connectivity index (χ0n) is 13.5. The number of benzene rings is 1. The van der Waals surface area contributed by atoms with Crippen molar-refractivity contribution in [3.8, 4) is 11.3 Å². The fourth-order valence-electron chi connectivity index (χ4n) is 1.48. The van der Waals surface area contributed by atoms with E-state index in [2.05, 4.69) is 30.9 Å². The summed E-state index contributed by atoms with van der Waals surface area (Å²) in [5.41, 5.74) is 1.11. The summed E-state index contributed by atoms with van der Waals surface area (Å²) in [6, 6.07) is 1.53. The number of hydrogen-bond donors (Lipinski definition) is 0. The SMILES string of the molecule is [2H]c1c([2H])c([2H])c(-c2nc(Br)nc3cccnc23)c([2H])c1[2H]. The lowest BCUT2D eigenvalue weighted by Gasteiger charge is -2.04. The van der Waals surface area contributed by atoms with Crippen LogP contribution >= 0.6 is 15.9 Å². The van der Waals surface area contributed by atoms with Crippen LogP contribution in [0.1, 0.15) is 6.85 Å². The summed E-state index contributed by atoms with van der Waals surface area (Å²) in [6.45, 7) is 0. The molecule has 0 saturated carbocycles. The minimum Gasteiger partial charge on any atom is -0.252 e. The molecule has 3 nitrogen and oxygen atoms in total. The van der Waals surface area contributed by atoms with Crippen LogP contribution in [0.4, 0.5) is 0 Å². The van der Waals surface area contributed by atoms with Gasteiger partial charge in [-0.15, -0.1) is 0 Å². The molecule has 4 heteroatoms. The van der Waals surface area contributed by atoms with Crippen molar-refractivity contribution < 1.29 is 6.85 Å². The number of aromatic nitrogens is 3. The predicted molar refractivity (Wildman–Crippen MR) is 70.5 cm³/mol. The normalized spacial score (nSPS) is 14.8. The number of fused-ring (bicyclic) bond motifs is 1. The van der Waals surface area contributed by atoms with Crippen LogP contribution in [0.3, 0.4) is 0 Å². The summed E-state index contributed by atoms with van der Waals surface area (Å²) >= 11 is 3.18. The summed E-state index contributed by atoms with van der Waals surface area (Å²) in [4.78, 5) is 12.5. The van der Waals surface area contributed by atoms with E-state index in [1.165, 1.54) is 0 Å². The summed E-state index contributed by atoms with van der Waals surface area (Å²) in [5, 5.41) is 0. The molecular formula is C13H8BrN3. The van der Waals surface area contributed by atoms with Crippen LogP contribution in [0.15, 0.2) is 53.3 Å². The highest BCUT2D eigenvalue weighted by molar-refractivity contribution is 9.10. The van der Waals surface area contributed by atoms with Gasteiger partial charge in [0.25, 0.3) is 0 Å². The first kappa shape index (κ1) is 6.21. The fraction of sp³-hybridized carbons (Fsp3) is 0. The van der Waals surface area contributed by atoms with E-state index in [4.69, 9.17) is 6.85 Å². The van der Waals surface area contributed by atoms with E-state index < -0.39 is 18.1 Å². The Morgan fingerprint density at radius 1 is 1.12 bits per heavy atom. The standard InChI is InChI=1S/C13H8BrN3/c14-13-16-10-7-4-8-15-12(10)11(17-13)9-5-2-1-3-6-9/h1-8H/i1D,2D,3D,5D,6D. The van der Waals surface area contributed by atoms with E-state index >= 15 is 0 Å². The molecule has 0 aliphatic carbocycles. The van der Waals surface area contributed by atoms with Gasteiger partial charge in [-0.25, -0.2) is 9.97 Å². The minimum absolute atomic E-state index is 0.0119. The summed E-state index contributed by atoms with van der Waals surface area (Å²) in [6.07, 6.45) is 1.54. The number of rotatable bonds is 1. The van der Waals surface area contributed by atoms with Crippen molar-refractivity contribution in [2.45, 2.75) is 0 Å². The van der Waals surface area contributed by atoms with Gasteiger partial charge < -0.3 is 0 Å². The van der Waals surface area contributed by atoms with E-state index in [1.54, 1.807) is 18.3 Å². The molecule has 2 heterocycles. The second kappa shape index (κ2) is 4.22. The Labute approximate surface area is 114 Å². The van der Waals surface area contributed by atoms with Crippen molar-refractivity contribution in [3.63, 3.8) is 0 Å². The van der Waals surface area contributed by atoms with Crippen LogP contribution < -0.4 is 0 Å². The second-order valence-corrected chi connectivity index (χ2v) is 3.92. The highest BCUT2D eigenvalue weighted by atomic mass is 79.9. The monoisotopic (exact) mass is 290 g/mol. The Morgan fingerprint density at radius 2 is 1.94 bits per heavy atom. The molecule has 0 N–H and O–H groups in total. The Bertz CT molecular complexity index is 887. The first-order valence-electron chi connectivity index (χ1n) is 7.27. The quantitative estimate of drug-likeness (QED) is 0.644. The van der Waals surface area contributed by atoms with Gasteiger partial charge in [0.1, 0.15) is 11.2 Å². The number of pyridine rings is 1. The van der Waals surface area contributed by atoms with E-state index in [1.807, 2.05) is 0 Å². The molecule has 0 bridgehead atoms. The highest BCUT2D eigenvalue weighted by Crippen LogP contribution is 2.25. The molecule has 0 amide bonds. The third-order valence-corrected chi connectivity index (χ3v) is 2.52. The Kier molecular flexibility index (Phi) is 1.54. The molecule has 0 aliphatic rings. The molecule has 82 valence electrons. The molecule has 0 unspecified atom stereocenters. The van der Waals surface area contributed by atoms with Crippen LogP contribution in [0.2, 0.25) is 0 Å². The number of nitrogens with zero attached hydrogens (tertiary/aromatic N) is 3. The van der Waals surface area contributed by atoms with Gasteiger partial charge in [-0.1, -0.05) is 30.2 Å². The number of hydrogen-bond acceptors (Lipinski definition) is 3. The Hall–Kier alpha value is -1.81. The maximum atomic E-state index is 8.04. The van der Waals surface area contributed by atoms with E-state index in [0.717, 1.165) is 0 Å². The van der Waals surface area contributed by atoms with Gasteiger partial charge in [-0.3, -0.25) is 4.98 Å². The van der Waals surface area contributed by atoms with Crippen molar-refractivity contribution in [1.29, 1.82) is 0 Å². The molecule has 3 rings (SSSR count). The Morgan fingerprint density at radius 3 is 2.76 bits per heavy atom. The largest absolute Gasteiger partial charge is 0.252 e.